The van der Waals surface area contributed by atoms with E-state index in [1.54, 1.807) is 12.1 Å². The average molecular weight is 412 g/mol. The molecule has 0 aliphatic carbocycles. The quantitative estimate of drug-likeness (QED) is 0.761. The molecule has 1 heterocycles. The van der Waals surface area contributed by atoms with Crippen molar-refractivity contribution in [2.75, 3.05) is 24.2 Å². The molecule has 1 saturated heterocycles. The first-order valence-electron chi connectivity index (χ1n) is 10.0. The van der Waals surface area contributed by atoms with Crippen LogP contribution in [-0.2, 0) is 11.3 Å². The third kappa shape index (κ3) is 5.84. The highest BCUT2D eigenvalue weighted by Crippen LogP contribution is 2.24. The van der Waals surface area contributed by atoms with Gasteiger partial charge in [-0.1, -0.05) is 48.9 Å². The minimum absolute atomic E-state index is 0.0882. The molecule has 1 aliphatic rings. The number of hydrogen-bond acceptors (Lipinski definition) is 4. The number of thioether (sulfide) groups is 1. The molecular weight excluding hydrogens is 382 g/mol. The molecule has 0 aromatic heterocycles. The van der Waals surface area contributed by atoms with Gasteiger partial charge in [-0.25, -0.2) is 0 Å². The Morgan fingerprint density at radius 1 is 1.10 bits per heavy atom. The number of benzene rings is 2. The lowest BCUT2D eigenvalue weighted by Crippen LogP contribution is -2.47. The lowest BCUT2D eigenvalue weighted by Gasteiger charge is -2.36. The lowest BCUT2D eigenvalue weighted by molar-refractivity contribution is -0.117. The summed E-state index contributed by atoms with van der Waals surface area (Å²) in [4.78, 5) is 27.5. The zero-order chi connectivity index (χ0) is 20.8. The van der Waals surface area contributed by atoms with Crippen molar-refractivity contribution in [2.24, 2.45) is 0 Å². The predicted octanol–water partition coefficient (Wildman–Crippen LogP) is 3.69. The second-order valence-electron chi connectivity index (χ2n) is 7.55. The number of nitrogens with zero attached hydrogens (tertiary/aromatic N) is 1. The van der Waals surface area contributed by atoms with E-state index >= 15 is 0 Å². The molecular formula is C23H29N3O2S. The van der Waals surface area contributed by atoms with E-state index in [4.69, 9.17) is 0 Å². The summed E-state index contributed by atoms with van der Waals surface area (Å²) in [5.41, 5.74) is 3.25. The summed E-state index contributed by atoms with van der Waals surface area (Å²) in [6, 6.07) is 15.6. The maximum atomic E-state index is 12.7. The highest BCUT2D eigenvalue weighted by molar-refractivity contribution is 8.00. The van der Waals surface area contributed by atoms with Crippen LogP contribution < -0.4 is 10.6 Å². The zero-order valence-electron chi connectivity index (χ0n) is 17.3. The van der Waals surface area contributed by atoms with Gasteiger partial charge in [-0.05, 0) is 31.5 Å². The molecule has 3 rings (SSSR count). The van der Waals surface area contributed by atoms with Crippen LogP contribution in [-0.4, -0.2) is 46.8 Å². The number of aryl methyl sites for hydroxylation is 1. The van der Waals surface area contributed by atoms with Crippen molar-refractivity contribution in [3.8, 4) is 0 Å². The van der Waals surface area contributed by atoms with Gasteiger partial charge in [0.1, 0.15) is 0 Å². The predicted molar refractivity (Wildman–Crippen MR) is 120 cm³/mol. The zero-order valence-corrected chi connectivity index (χ0v) is 18.1. The highest BCUT2D eigenvalue weighted by atomic mass is 32.2. The van der Waals surface area contributed by atoms with Crippen molar-refractivity contribution in [1.82, 2.24) is 10.2 Å². The number of anilines is 1. The standard InChI is InChI=1S/C23H29N3O2S/c1-16-8-10-19(11-9-16)14-24-23(28)20-6-4-5-7-21(20)25-22(27)15-26-12-13-29-18(3)17(26)2/h4-11,17-18H,12-15H2,1-3H3,(H,24,28)(H,25,27). The highest BCUT2D eigenvalue weighted by Gasteiger charge is 2.26. The molecule has 29 heavy (non-hydrogen) atoms. The number of para-hydroxylation sites is 1. The van der Waals surface area contributed by atoms with Crippen LogP contribution in [0.3, 0.4) is 0 Å². The van der Waals surface area contributed by atoms with Crippen LogP contribution in [0.2, 0.25) is 0 Å². The van der Waals surface area contributed by atoms with E-state index in [9.17, 15) is 9.59 Å². The fraction of sp³-hybridized carbons (Fsp3) is 0.391. The van der Waals surface area contributed by atoms with Crippen molar-refractivity contribution >= 4 is 29.3 Å². The first-order valence-corrected chi connectivity index (χ1v) is 11.1. The SMILES string of the molecule is Cc1ccc(CNC(=O)c2ccccc2NC(=O)CN2CCSC(C)C2C)cc1. The van der Waals surface area contributed by atoms with Crippen LogP contribution >= 0.6 is 11.8 Å². The normalized spacial score (nSPS) is 19.6. The Hall–Kier alpha value is -2.31. The minimum atomic E-state index is -0.196. The number of nitrogens with one attached hydrogen (secondary N) is 2. The summed E-state index contributed by atoms with van der Waals surface area (Å²) >= 11 is 1.95. The molecule has 2 aromatic rings. The average Bonchev–Trinajstić information content (AvgIpc) is 2.71. The van der Waals surface area contributed by atoms with Gasteiger partial charge in [0.25, 0.3) is 5.91 Å². The largest absolute Gasteiger partial charge is 0.348 e. The summed E-state index contributed by atoms with van der Waals surface area (Å²) in [5.74, 6) is 0.754. The molecule has 1 fully saturated rings. The third-order valence-electron chi connectivity index (χ3n) is 5.38. The van der Waals surface area contributed by atoms with Gasteiger partial charge in [-0.3, -0.25) is 14.5 Å². The minimum Gasteiger partial charge on any atom is -0.348 e. The van der Waals surface area contributed by atoms with E-state index in [0.717, 1.165) is 17.9 Å². The Kier molecular flexibility index (Phi) is 7.34. The number of carbonyl (C=O) groups excluding carboxylic acids is 2. The van der Waals surface area contributed by atoms with E-state index in [2.05, 4.69) is 29.4 Å². The van der Waals surface area contributed by atoms with E-state index < -0.39 is 0 Å². The van der Waals surface area contributed by atoms with Gasteiger partial charge in [0.15, 0.2) is 0 Å². The Balaban J connectivity index is 1.61. The maximum Gasteiger partial charge on any atom is 0.253 e. The molecule has 0 bridgehead atoms. The lowest BCUT2D eigenvalue weighted by atomic mass is 10.1. The topological polar surface area (TPSA) is 61.4 Å². The Morgan fingerprint density at radius 2 is 1.83 bits per heavy atom. The van der Waals surface area contributed by atoms with Gasteiger partial charge >= 0.3 is 0 Å². The van der Waals surface area contributed by atoms with Gasteiger partial charge in [-0.2, -0.15) is 11.8 Å². The first-order chi connectivity index (χ1) is 13.9. The first kappa shape index (κ1) is 21.4. The van der Waals surface area contributed by atoms with Gasteiger partial charge < -0.3 is 10.6 Å². The molecule has 154 valence electrons. The van der Waals surface area contributed by atoms with Crippen LogP contribution in [0.25, 0.3) is 0 Å². The van der Waals surface area contributed by atoms with Crippen molar-refractivity contribution in [1.29, 1.82) is 0 Å². The third-order valence-corrected chi connectivity index (χ3v) is 6.72. The van der Waals surface area contributed by atoms with Gasteiger partial charge in [0, 0.05) is 30.1 Å². The van der Waals surface area contributed by atoms with E-state index in [1.165, 1.54) is 5.56 Å². The molecule has 5 nitrogen and oxygen atoms in total. The van der Waals surface area contributed by atoms with Crippen LogP contribution in [0.4, 0.5) is 5.69 Å². The van der Waals surface area contributed by atoms with E-state index in [0.29, 0.717) is 35.6 Å². The second kappa shape index (κ2) is 9.94. The summed E-state index contributed by atoms with van der Waals surface area (Å²) < 4.78 is 0. The monoisotopic (exact) mass is 411 g/mol. The van der Waals surface area contributed by atoms with Gasteiger partial charge in [-0.15, -0.1) is 0 Å². The van der Waals surface area contributed by atoms with Crippen LogP contribution in [0.5, 0.6) is 0 Å². The molecule has 2 aromatic carbocycles. The van der Waals surface area contributed by atoms with E-state index in [1.807, 2.05) is 55.1 Å². The number of carbonyl (C=O) groups is 2. The van der Waals surface area contributed by atoms with E-state index in [-0.39, 0.29) is 11.8 Å². The maximum absolute atomic E-state index is 12.7. The molecule has 6 heteroatoms. The van der Waals surface area contributed by atoms with Crippen molar-refractivity contribution in [3.05, 3.63) is 65.2 Å². The number of amides is 2. The van der Waals surface area contributed by atoms with Crippen molar-refractivity contribution < 1.29 is 9.59 Å². The summed E-state index contributed by atoms with van der Waals surface area (Å²) in [6.07, 6.45) is 0. The fourth-order valence-electron chi connectivity index (χ4n) is 3.37. The van der Waals surface area contributed by atoms with Crippen molar-refractivity contribution in [2.45, 2.75) is 38.6 Å². The Morgan fingerprint density at radius 3 is 2.59 bits per heavy atom. The molecule has 0 spiro atoms. The Labute approximate surface area is 177 Å². The summed E-state index contributed by atoms with van der Waals surface area (Å²) in [5, 5.41) is 6.38. The molecule has 2 atom stereocenters. The number of hydrogen-bond donors (Lipinski definition) is 2. The second-order valence-corrected chi connectivity index (χ2v) is 9.03. The fourth-order valence-corrected chi connectivity index (χ4v) is 4.53. The van der Waals surface area contributed by atoms with Gasteiger partial charge in [0.05, 0.1) is 17.8 Å². The number of rotatable bonds is 6. The van der Waals surface area contributed by atoms with Crippen LogP contribution in [0.15, 0.2) is 48.5 Å². The molecule has 0 radical (unpaired) electrons. The van der Waals surface area contributed by atoms with Crippen LogP contribution in [0.1, 0.15) is 35.3 Å². The smallest absolute Gasteiger partial charge is 0.253 e. The van der Waals surface area contributed by atoms with Crippen LogP contribution in [0, 0.1) is 6.92 Å². The summed E-state index contributed by atoms with van der Waals surface area (Å²) in [7, 11) is 0. The molecule has 2 N–H and O–H groups in total. The Bertz CT molecular complexity index is 853. The molecule has 1 aliphatic heterocycles. The molecule has 2 unspecified atom stereocenters. The molecule has 0 saturated carbocycles. The van der Waals surface area contributed by atoms with Crippen molar-refractivity contribution in [3.63, 3.8) is 0 Å². The molecule has 2 amide bonds. The van der Waals surface area contributed by atoms with Gasteiger partial charge in [0.2, 0.25) is 5.91 Å². The summed E-state index contributed by atoms with van der Waals surface area (Å²) in [6.45, 7) is 8.09.